The summed E-state index contributed by atoms with van der Waals surface area (Å²) in [6, 6.07) is 18.5. The molecular weight excluding hydrogens is 232 g/mol. The molecule has 0 amide bonds. The Morgan fingerprint density at radius 1 is 1.00 bits per heavy atom. The van der Waals surface area contributed by atoms with E-state index in [0.29, 0.717) is 0 Å². The molecule has 0 saturated carbocycles. The summed E-state index contributed by atoms with van der Waals surface area (Å²) in [5, 5.41) is 11.3. The highest BCUT2D eigenvalue weighted by molar-refractivity contribution is 5.94. The third-order valence-corrected chi connectivity index (χ3v) is 3.48. The van der Waals surface area contributed by atoms with Crippen molar-refractivity contribution in [1.82, 2.24) is 4.57 Å². The minimum Gasteiger partial charge on any atom is -0.320 e. The standard InChI is InChI=1S/C17H14N2/c1-2-14-6-5-11-19(14)17-10-9-13(12-18)15-7-3-4-8-16(15)17/h3-11H,2H2,1H3. The molecule has 3 rings (SSSR count). The molecule has 3 aromatic rings. The number of nitriles is 1. The van der Waals surface area contributed by atoms with E-state index >= 15 is 0 Å². The van der Waals surface area contributed by atoms with Crippen molar-refractivity contribution in [1.29, 1.82) is 5.26 Å². The average molecular weight is 246 g/mol. The van der Waals surface area contributed by atoms with Crippen molar-refractivity contribution >= 4 is 10.8 Å². The summed E-state index contributed by atoms with van der Waals surface area (Å²) in [6.07, 6.45) is 3.06. The summed E-state index contributed by atoms with van der Waals surface area (Å²) in [6.45, 7) is 2.15. The molecule has 2 nitrogen and oxygen atoms in total. The third kappa shape index (κ3) is 1.80. The van der Waals surface area contributed by atoms with Gasteiger partial charge in [-0.05, 0) is 30.7 Å². The summed E-state index contributed by atoms with van der Waals surface area (Å²) in [7, 11) is 0. The van der Waals surface area contributed by atoms with Gasteiger partial charge in [-0.3, -0.25) is 0 Å². The Labute approximate surface area is 112 Å². The lowest BCUT2D eigenvalue weighted by molar-refractivity contribution is 0.943. The van der Waals surface area contributed by atoms with Gasteiger partial charge in [0.2, 0.25) is 0 Å². The molecule has 0 aliphatic heterocycles. The van der Waals surface area contributed by atoms with Gasteiger partial charge in [0.25, 0.3) is 0 Å². The normalized spacial score (nSPS) is 10.5. The van der Waals surface area contributed by atoms with Gasteiger partial charge in [-0.15, -0.1) is 0 Å². The molecule has 2 aromatic carbocycles. The van der Waals surface area contributed by atoms with E-state index in [4.69, 9.17) is 0 Å². The summed E-state index contributed by atoms with van der Waals surface area (Å²) in [5.74, 6) is 0. The van der Waals surface area contributed by atoms with Crippen LogP contribution in [0.25, 0.3) is 16.5 Å². The van der Waals surface area contributed by atoms with E-state index in [0.717, 1.165) is 28.4 Å². The molecule has 0 unspecified atom stereocenters. The number of aromatic nitrogens is 1. The Balaban J connectivity index is 2.35. The molecule has 0 fully saturated rings. The first-order valence-electron chi connectivity index (χ1n) is 6.43. The van der Waals surface area contributed by atoms with E-state index in [2.05, 4.69) is 42.0 Å². The first-order valence-corrected chi connectivity index (χ1v) is 6.43. The highest BCUT2D eigenvalue weighted by Crippen LogP contribution is 2.26. The molecule has 0 aliphatic carbocycles. The zero-order chi connectivity index (χ0) is 13.2. The molecule has 0 bridgehead atoms. The van der Waals surface area contributed by atoms with Gasteiger partial charge in [0.05, 0.1) is 17.3 Å². The van der Waals surface area contributed by atoms with Crippen molar-refractivity contribution in [3.05, 3.63) is 66.0 Å². The largest absolute Gasteiger partial charge is 0.320 e. The van der Waals surface area contributed by atoms with Crippen LogP contribution >= 0.6 is 0 Å². The molecule has 19 heavy (non-hydrogen) atoms. The van der Waals surface area contributed by atoms with Gasteiger partial charge in [-0.25, -0.2) is 0 Å². The fourth-order valence-electron chi connectivity index (χ4n) is 2.53. The van der Waals surface area contributed by atoms with Crippen LogP contribution in [0.3, 0.4) is 0 Å². The lowest BCUT2D eigenvalue weighted by Gasteiger charge is -2.12. The smallest absolute Gasteiger partial charge is 0.0998 e. The molecule has 0 spiro atoms. The first-order chi connectivity index (χ1) is 9.35. The zero-order valence-electron chi connectivity index (χ0n) is 10.8. The van der Waals surface area contributed by atoms with Crippen LogP contribution in [0.5, 0.6) is 0 Å². The van der Waals surface area contributed by atoms with Crippen molar-refractivity contribution in [3.63, 3.8) is 0 Å². The number of rotatable bonds is 2. The molecule has 1 aromatic heterocycles. The van der Waals surface area contributed by atoms with Crippen LogP contribution in [0, 0.1) is 11.3 Å². The van der Waals surface area contributed by atoms with Crippen molar-refractivity contribution in [2.24, 2.45) is 0 Å². The van der Waals surface area contributed by atoms with Gasteiger partial charge in [0.1, 0.15) is 0 Å². The third-order valence-electron chi connectivity index (χ3n) is 3.48. The van der Waals surface area contributed by atoms with Crippen LogP contribution in [0.4, 0.5) is 0 Å². The second-order valence-electron chi connectivity index (χ2n) is 4.51. The Hall–Kier alpha value is -2.53. The number of fused-ring (bicyclic) bond motifs is 1. The van der Waals surface area contributed by atoms with Crippen LogP contribution in [0.1, 0.15) is 18.2 Å². The number of nitrogens with zero attached hydrogens (tertiary/aromatic N) is 2. The minimum absolute atomic E-state index is 0.726. The first kappa shape index (κ1) is 11.6. The Morgan fingerprint density at radius 3 is 2.53 bits per heavy atom. The highest BCUT2D eigenvalue weighted by atomic mass is 15.0. The number of hydrogen-bond donors (Lipinski definition) is 0. The molecule has 2 heteroatoms. The van der Waals surface area contributed by atoms with Gasteiger partial charge < -0.3 is 4.57 Å². The molecule has 0 aliphatic rings. The second kappa shape index (κ2) is 4.62. The van der Waals surface area contributed by atoms with Crippen LogP contribution in [-0.2, 0) is 6.42 Å². The van der Waals surface area contributed by atoms with E-state index in [1.807, 2.05) is 30.3 Å². The molecule has 0 atom stereocenters. The number of hydrogen-bond acceptors (Lipinski definition) is 1. The van der Waals surface area contributed by atoms with Gasteiger partial charge in [0.15, 0.2) is 0 Å². The molecule has 0 radical (unpaired) electrons. The summed E-state index contributed by atoms with van der Waals surface area (Å²) in [4.78, 5) is 0. The molecular formula is C17H14N2. The Kier molecular flexibility index (Phi) is 2.81. The summed E-state index contributed by atoms with van der Waals surface area (Å²) < 4.78 is 2.20. The summed E-state index contributed by atoms with van der Waals surface area (Å²) in [5.41, 5.74) is 3.14. The van der Waals surface area contributed by atoms with Crippen molar-refractivity contribution in [3.8, 4) is 11.8 Å². The maximum Gasteiger partial charge on any atom is 0.0998 e. The van der Waals surface area contributed by atoms with Gasteiger partial charge >= 0.3 is 0 Å². The van der Waals surface area contributed by atoms with E-state index in [1.54, 1.807) is 0 Å². The predicted molar refractivity (Wildman–Crippen MR) is 77.4 cm³/mol. The number of benzene rings is 2. The van der Waals surface area contributed by atoms with Crippen LogP contribution in [0.2, 0.25) is 0 Å². The van der Waals surface area contributed by atoms with Gasteiger partial charge in [-0.1, -0.05) is 31.2 Å². The lowest BCUT2D eigenvalue weighted by atomic mass is 10.0. The molecule has 0 saturated heterocycles. The second-order valence-corrected chi connectivity index (χ2v) is 4.51. The van der Waals surface area contributed by atoms with E-state index in [1.165, 1.54) is 5.69 Å². The van der Waals surface area contributed by atoms with Gasteiger partial charge in [0, 0.05) is 22.7 Å². The van der Waals surface area contributed by atoms with Crippen LogP contribution in [-0.4, -0.2) is 4.57 Å². The maximum absolute atomic E-state index is 9.20. The SMILES string of the molecule is CCc1cccn1-c1ccc(C#N)c2ccccc12. The summed E-state index contributed by atoms with van der Waals surface area (Å²) >= 11 is 0. The Morgan fingerprint density at radius 2 is 1.79 bits per heavy atom. The van der Waals surface area contributed by atoms with Crippen molar-refractivity contribution in [2.75, 3.05) is 0 Å². The predicted octanol–water partition coefficient (Wildman–Crippen LogP) is 4.06. The highest BCUT2D eigenvalue weighted by Gasteiger charge is 2.08. The molecule has 92 valence electrons. The fourth-order valence-corrected chi connectivity index (χ4v) is 2.53. The van der Waals surface area contributed by atoms with E-state index in [9.17, 15) is 5.26 Å². The van der Waals surface area contributed by atoms with E-state index < -0.39 is 0 Å². The fraction of sp³-hybridized carbons (Fsp3) is 0.118. The van der Waals surface area contributed by atoms with Crippen molar-refractivity contribution < 1.29 is 0 Å². The van der Waals surface area contributed by atoms with Crippen molar-refractivity contribution in [2.45, 2.75) is 13.3 Å². The zero-order valence-corrected chi connectivity index (χ0v) is 10.8. The number of aryl methyl sites for hydroxylation is 1. The van der Waals surface area contributed by atoms with Crippen LogP contribution < -0.4 is 0 Å². The Bertz CT molecular complexity index is 775. The monoisotopic (exact) mass is 246 g/mol. The minimum atomic E-state index is 0.726. The lowest BCUT2D eigenvalue weighted by Crippen LogP contribution is -1.99. The average Bonchev–Trinajstić information content (AvgIpc) is 2.94. The molecule has 0 N–H and O–H groups in total. The topological polar surface area (TPSA) is 28.7 Å². The van der Waals surface area contributed by atoms with Crippen LogP contribution in [0.15, 0.2) is 54.7 Å². The molecule has 1 heterocycles. The maximum atomic E-state index is 9.20. The quantitative estimate of drug-likeness (QED) is 0.670. The van der Waals surface area contributed by atoms with Gasteiger partial charge in [-0.2, -0.15) is 5.26 Å². The van der Waals surface area contributed by atoms with E-state index in [-0.39, 0.29) is 0 Å².